The minimum absolute atomic E-state index is 0.732. The maximum Gasteiger partial charge on any atom is 0.123 e. The fourth-order valence-electron chi connectivity index (χ4n) is 0.956. The molecule has 0 atom stereocenters. The fourth-order valence-corrected chi connectivity index (χ4v) is 0.956. The Labute approximate surface area is 67.5 Å². The van der Waals surface area contributed by atoms with E-state index in [2.05, 4.69) is 0 Å². The van der Waals surface area contributed by atoms with E-state index < -0.39 is 0 Å². The fraction of sp³-hybridized carbons (Fsp3) is 0.444. The normalized spacial score (nSPS) is 18.2. The van der Waals surface area contributed by atoms with E-state index in [1.54, 1.807) is 7.11 Å². The molecule has 2 heteroatoms. The third-order valence-corrected chi connectivity index (χ3v) is 1.50. The molecule has 0 unspecified atom stereocenters. The van der Waals surface area contributed by atoms with Crippen molar-refractivity contribution in [3.05, 3.63) is 30.1 Å². The van der Waals surface area contributed by atoms with Gasteiger partial charge in [0.05, 0.1) is 7.11 Å². The third-order valence-electron chi connectivity index (χ3n) is 1.50. The van der Waals surface area contributed by atoms with E-state index >= 15 is 0 Å². The Morgan fingerprint density at radius 1 is 1.45 bits per heavy atom. The van der Waals surface area contributed by atoms with Crippen molar-refractivity contribution in [2.75, 3.05) is 13.7 Å². The molecule has 0 spiro atoms. The lowest BCUT2D eigenvalue weighted by molar-refractivity contribution is 0.173. The maximum atomic E-state index is 5.31. The molecule has 1 radical (unpaired) electrons. The van der Waals surface area contributed by atoms with Gasteiger partial charge in [0.1, 0.15) is 11.9 Å². The van der Waals surface area contributed by atoms with Crippen LogP contribution in [-0.4, -0.2) is 13.7 Å². The smallest absolute Gasteiger partial charge is 0.123 e. The van der Waals surface area contributed by atoms with Gasteiger partial charge in [-0.1, -0.05) is 0 Å². The van der Waals surface area contributed by atoms with E-state index in [4.69, 9.17) is 9.47 Å². The highest BCUT2D eigenvalue weighted by atomic mass is 16.5. The van der Waals surface area contributed by atoms with Gasteiger partial charge in [-0.15, -0.1) is 0 Å². The van der Waals surface area contributed by atoms with Crippen molar-refractivity contribution >= 4 is 0 Å². The predicted molar refractivity (Wildman–Crippen MR) is 43.7 cm³/mol. The molecule has 0 heterocycles. The van der Waals surface area contributed by atoms with Gasteiger partial charge < -0.3 is 9.47 Å². The SMILES string of the molecule is CCO[C]1C=CC(OC)=CC1. The molecule has 0 aromatic rings. The van der Waals surface area contributed by atoms with Gasteiger partial charge in [0.2, 0.25) is 0 Å². The molecule has 0 aliphatic heterocycles. The second kappa shape index (κ2) is 4.19. The summed E-state index contributed by atoms with van der Waals surface area (Å²) in [4.78, 5) is 0. The van der Waals surface area contributed by atoms with Crippen LogP contribution < -0.4 is 0 Å². The molecule has 0 saturated heterocycles. The standard InChI is InChI=1S/C9H13O2/c1-3-11-9-6-4-8(10-2)5-7-9/h4-6H,3,7H2,1-2H3. The third kappa shape index (κ3) is 2.39. The lowest BCUT2D eigenvalue weighted by atomic mass is 10.1. The van der Waals surface area contributed by atoms with Crippen LogP contribution in [0.3, 0.4) is 0 Å². The molecule has 1 aliphatic carbocycles. The Kier molecular flexibility index (Phi) is 3.17. The number of allylic oxidation sites excluding steroid dienone is 1. The molecule has 2 nitrogen and oxygen atoms in total. The lowest BCUT2D eigenvalue weighted by Crippen LogP contribution is -2.02. The van der Waals surface area contributed by atoms with Gasteiger partial charge in [-0.3, -0.25) is 0 Å². The molecule has 0 saturated carbocycles. The first-order valence-electron chi connectivity index (χ1n) is 3.77. The summed E-state index contributed by atoms with van der Waals surface area (Å²) in [5, 5.41) is 0. The van der Waals surface area contributed by atoms with Crippen LogP contribution in [0.1, 0.15) is 13.3 Å². The van der Waals surface area contributed by atoms with E-state index in [9.17, 15) is 0 Å². The number of hydrogen-bond acceptors (Lipinski definition) is 2. The zero-order valence-corrected chi connectivity index (χ0v) is 6.96. The Morgan fingerprint density at radius 2 is 2.27 bits per heavy atom. The lowest BCUT2D eigenvalue weighted by Gasteiger charge is -2.13. The second-order valence-corrected chi connectivity index (χ2v) is 2.25. The molecule has 1 aliphatic rings. The summed E-state index contributed by atoms with van der Waals surface area (Å²) in [6, 6.07) is 0. The van der Waals surface area contributed by atoms with E-state index in [-0.39, 0.29) is 0 Å². The van der Waals surface area contributed by atoms with Gasteiger partial charge in [0.15, 0.2) is 0 Å². The van der Waals surface area contributed by atoms with Crippen LogP contribution in [0.5, 0.6) is 0 Å². The molecule has 1 rings (SSSR count). The van der Waals surface area contributed by atoms with Crippen molar-refractivity contribution in [1.29, 1.82) is 0 Å². The minimum Gasteiger partial charge on any atom is -0.497 e. The molecular weight excluding hydrogens is 140 g/mol. The Balaban J connectivity index is 2.37. The highest BCUT2D eigenvalue weighted by Crippen LogP contribution is 2.19. The van der Waals surface area contributed by atoms with E-state index in [0.29, 0.717) is 0 Å². The zero-order valence-electron chi connectivity index (χ0n) is 6.96. The van der Waals surface area contributed by atoms with Gasteiger partial charge in [-0.25, -0.2) is 0 Å². The van der Waals surface area contributed by atoms with Crippen molar-refractivity contribution in [2.45, 2.75) is 13.3 Å². The van der Waals surface area contributed by atoms with Crippen LogP contribution in [0, 0.1) is 6.10 Å². The predicted octanol–water partition coefficient (Wildman–Crippen LogP) is 2.05. The molecule has 61 valence electrons. The topological polar surface area (TPSA) is 18.5 Å². The second-order valence-electron chi connectivity index (χ2n) is 2.25. The monoisotopic (exact) mass is 153 g/mol. The molecule has 0 amide bonds. The summed E-state index contributed by atoms with van der Waals surface area (Å²) in [6.07, 6.45) is 7.71. The van der Waals surface area contributed by atoms with Crippen molar-refractivity contribution in [1.82, 2.24) is 0 Å². The first-order chi connectivity index (χ1) is 5.36. The van der Waals surface area contributed by atoms with E-state index in [0.717, 1.165) is 24.9 Å². The Bertz CT molecular complexity index is 170. The Morgan fingerprint density at radius 3 is 2.73 bits per heavy atom. The van der Waals surface area contributed by atoms with Gasteiger partial charge in [-0.05, 0) is 25.2 Å². The van der Waals surface area contributed by atoms with Crippen LogP contribution in [-0.2, 0) is 9.47 Å². The molecule has 0 aromatic heterocycles. The molecule has 0 fully saturated rings. The average molecular weight is 153 g/mol. The quantitative estimate of drug-likeness (QED) is 0.617. The largest absolute Gasteiger partial charge is 0.497 e. The van der Waals surface area contributed by atoms with Crippen molar-refractivity contribution in [3.63, 3.8) is 0 Å². The number of rotatable bonds is 3. The summed E-state index contributed by atoms with van der Waals surface area (Å²) in [5.41, 5.74) is 0. The number of ether oxygens (including phenoxy) is 2. The number of methoxy groups -OCH3 is 1. The van der Waals surface area contributed by atoms with Crippen LogP contribution in [0.4, 0.5) is 0 Å². The van der Waals surface area contributed by atoms with Gasteiger partial charge in [0.25, 0.3) is 0 Å². The highest BCUT2D eigenvalue weighted by molar-refractivity contribution is 5.24. The Hall–Kier alpha value is -0.760. The summed E-state index contributed by atoms with van der Waals surface area (Å²) in [7, 11) is 1.67. The van der Waals surface area contributed by atoms with Crippen molar-refractivity contribution in [2.24, 2.45) is 0 Å². The van der Waals surface area contributed by atoms with Crippen LogP contribution in [0.25, 0.3) is 0 Å². The summed E-state index contributed by atoms with van der Waals surface area (Å²) >= 11 is 0. The average Bonchev–Trinajstić information content (AvgIpc) is 2.07. The maximum absolute atomic E-state index is 5.31. The van der Waals surface area contributed by atoms with E-state index in [1.807, 2.05) is 25.2 Å². The van der Waals surface area contributed by atoms with Gasteiger partial charge in [0, 0.05) is 13.0 Å². The van der Waals surface area contributed by atoms with Crippen LogP contribution >= 0.6 is 0 Å². The van der Waals surface area contributed by atoms with Crippen molar-refractivity contribution < 1.29 is 9.47 Å². The van der Waals surface area contributed by atoms with Crippen LogP contribution in [0.15, 0.2) is 24.0 Å². The summed E-state index contributed by atoms with van der Waals surface area (Å²) in [5.74, 6) is 0.911. The summed E-state index contributed by atoms with van der Waals surface area (Å²) in [6.45, 7) is 2.71. The van der Waals surface area contributed by atoms with E-state index in [1.165, 1.54) is 0 Å². The molecule has 11 heavy (non-hydrogen) atoms. The van der Waals surface area contributed by atoms with Crippen LogP contribution in [0.2, 0.25) is 0 Å². The highest BCUT2D eigenvalue weighted by Gasteiger charge is 2.08. The van der Waals surface area contributed by atoms with Crippen molar-refractivity contribution in [3.8, 4) is 0 Å². The molecule has 0 aromatic carbocycles. The summed E-state index contributed by atoms with van der Waals surface area (Å²) < 4.78 is 10.3. The minimum atomic E-state index is 0.732. The van der Waals surface area contributed by atoms with Gasteiger partial charge in [-0.2, -0.15) is 0 Å². The molecular formula is C9H13O2. The molecule has 0 N–H and O–H groups in total. The number of hydrogen-bond donors (Lipinski definition) is 0. The first-order valence-corrected chi connectivity index (χ1v) is 3.77. The zero-order chi connectivity index (χ0) is 8.10. The first kappa shape index (κ1) is 8.34. The molecule has 0 bridgehead atoms. The van der Waals surface area contributed by atoms with Gasteiger partial charge >= 0.3 is 0 Å².